The largest absolute Gasteiger partial charge is 0.328 e. The molecule has 1 aliphatic heterocycles. The second-order valence-corrected chi connectivity index (χ2v) is 6.96. The van der Waals surface area contributed by atoms with Gasteiger partial charge in [0, 0.05) is 22.9 Å². The number of carbonyl (C=O) groups excluding carboxylic acids is 1. The van der Waals surface area contributed by atoms with Crippen LogP contribution in [0.1, 0.15) is 34.7 Å². The van der Waals surface area contributed by atoms with E-state index in [9.17, 15) is 4.79 Å². The Morgan fingerprint density at radius 3 is 2.27 bits per heavy atom. The number of Topliss-reactive ketones (excluding diaryl/α,β-unsaturated/α-hetero) is 1. The molecule has 0 aromatic heterocycles. The molecule has 0 radical (unpaired) electrons. The zero-order valence-corrected chi connectivity index (χ0v) is 14.2. The van der Waals surface area contributed by atoms with Crippen LogP contribution >= 0.6 is 15.9 Å². The van der Waals surface area contributed by atoms with Crippen LogP contribution in [-0.4, -0.2) is 25.4 Å². The van der Waals surface area contributed by atoms with Crippen molar-refractivity contribution in [2.45, 2.75) is 18.8 Å². The van der Waals surface area contributed by atoms with Gasteiger partial charge in [-0.25, -0.2) is 0 Å². The molecule has 22 heavy (non-hydrogen) atoms. The van der Waals surface area contributed by atoms with Crippen molar-refractivity contribution in [2.24, 2.45) is 0 Å². The van der Waals surface area contributed by atoms with Crippen LogP contribution in [0.25, 0.3) is 0 Å². The van der Waals surface area contributed by atoms with E-state index in [0.29, 0.717) is 12.5 Å². The Kier molecular flexibility index (Phi) is 5.06. The number of quaternary nitrogens is 1. The number of hydrogen-bond donors (Lipinski definition) is 1. The summed E-state index contributed by atoms with van der Waals surface area (Å²) in [5.41, 5.74) is 2.27. The van der Waals surface area contributed by atoms with E-state index in [-0.39, 0.29) is 5.78 Å². The van der Waals surface area contributed by atoms with Gasteiger partial charge in [0.05, 0.1) is 13.1 Å². The predicted molar refractivity (Wildman–Crippen MR) is 92.5 cm³/mol. The zero-order valence-electron chi connectivity index (χ0n) is 12.6. The quantitative estimate of drug-likeness (QED) is 0.833. The molecule has 0 unspecified atom stereocenters. The van der Waals surface area contributed by atoms with E-state index in [1.54, 1.807) is 0 Å². The maximum Gasteiger partial charge on any atom is 0.216 e. The molecule has 0 aliphatic carbocycles. The molecule has 0 saturated carbocycles. The van der Waals surface area contributed by atoms with Gasteiger partial charge in [0.2, 0.25) is 5.78 Å². The number of rotatable bonds is 4. The topological polar surface area (TPSA) is 21.5 Å². The number of carbonyl (C=O) groups is 1. The number of likely N-dealkylation sites (tertiary alicyclic amines) is 1. The molecule has 1 heterocycles. The number of nitrogens with one attached hydrogen (secondary N) is 1. The van der Waals surface area contributed by atoms with Crippen LogP contribution in [0.15, 0.2) is 59.1 Å². The molecule has 0 spiro atoms. The highest BCUT2D eigenvalue weighted by molar-refractivity contribution is 9.10. The third-order valence-electron chi connectivity index (χ3n) is 4.54. The van der Waals surface area contributed by atoms with Crippen molar-refractivity contribution in [3.63, 3.8) is 0 Å². The summed E-state index contributed by atoms with van der Waals surface area (Å²) >= 11 is 3.41. The molecule has 0 amide bonds. The van der Waals surface area contributed by atoms with Crippen molar-refractivity contribution in [3.05, 3.63) is 70.2 Å². The smallest absolute Gasteiger partial charge is 0.216 e. The van der Waals surface area contributed by atoms with Gasteiger partial charge < -0.3 is 4.90 Å². The van der Waals surface area contributed by atoms with Crippen molar-refractivity contribution in [3.8, 4) is 0 Å². The summed E-state index contributed by atoms with van der Waals surface area (Å²) in [6, 6.07) is 18.4. The average molecular weight is 359 g/mol. The molecule has 3 heteroatoms. The summed E-state index contributed by atoms with van der Waals surface area (Å²) < 4.78 is 1.01. The normalized spacial score (nSPS) is 21.5. The lowest BCUT2D eigenvalue weighted by atomic mass is 9.89. The Morgan fingerprint density at radius 2 is 1.64 bits per heavy atom. The van der Waals surface area contributed by atoms with Crippen LogP contribution < -0.4 is 4.90 Å². The van der Waals surface area contributed by atoms with Crippen molar-refractivity contribution in [1.29, 1.82) is 0 Å². The van der Waals surface area contributed by atoms with Crippen LogP contribution in [0.2, 0.25) is 0 Å². The minimum Gasteiger partial charge on any atom is -0.328 e. The van der Waals surface area contributed by atoms with Crippen molar-refractivity contribution in [2.75, 3.05) is 19.6 Å². The molecule has 0 bridgehead atoms. The van der Waals surface area contributed by atoms with Crippen LogP contribution in [0.3, 0.4) is 0 Å². The fourth-order valence-electron chi connectivity index (χ4n) is 3.23. The average Bonchev–Trinajstić information content (AvgIpc) is 2.57. The number of piperidine rings is 1. The molecular formula is C19H21BrNO+. The second-order valence-electron chi connectivity index (χ2n) is 6.04. The third kappa shape index (κ3) is 3.84. The van der Waals surface area contributed by atoms with Crippen molar-refractivity contribution >= 4 is 21.7 Å². The van der Waals surface area contributed by atoms with E-state index in [2.05, 4.69) is 46.3 Å². The first-order chi connectivity index (χ1) is 10.7. The van der Waals surface area contributed by atoms with E-state index >= 15 is 0 Å². The molecule has 2 aromatic rings. The summed E-state index contributed by atoms with van der Waals surface area (Å²) in [7, 11) is 0. The minimum atomic E-state index is 0.251. The summed E-state index contributed by atoms with van der Waals surface area (Å²) in [6.45, 7) is 2.78. The zero-order chi connectivity index (χ0) is 15.4. The van der Waals surface area contributed by atoms with Gasteiger partial charge in [-0.3, -0.25) is 4.79 Å². The lowest BCUT2D eigenvalue weighted by Gasteiger charge is -2.29. The van der Waals surface area contributed by atoms with Gasteiger partial charge in [-0.05, 0) is 23.6 Å². The maximum absolute atomic E-state index is 12.3. The number of halogens is 1. The Balaban J connectivity index is 1.53. The highest BCUT2D eigenvalue weighted by Crippen LogP contribution is 2.23. The summed E-state index contributed by atoms with van der Waals surface area (Å²) in [5, 5.41) is 0. The molecule has 1 fully saturated rings. The molecule has 0 atom stereocenters. The highest BCUT2D eigenvalue weighted by Gasteiger charge is 2.25. The first kappa shape index (κ1) is 15.4. The van der Waals surface area contributed by atoms with Crippen LogP contribution in [0, 0.1) is 0 Å². The predicted octanol–water partition coefficient (Wildman–Crippen LogP) is 3.09. The molecule has 2 nitrogen and oxygen atoms in total. The molecule has 1 saturated heterocycles. The Hall–Kier alpha value is -1.45. The van der Waals surface area contributed by atoms with E-state index in [1.165, 1.54) is 23.3 Å². The van der Waals surface area contributed by atoms with Gasteiger partial charge in [0.25, 0.3) is 0 Å². The Labute approximate surface area is 140 Å². The van der Waals surface area contributed by atoms with Crippen LogP contribution in [0.4, 0.5) is 0 Å². The summed E-state index contributed by atoms with van der Waals surface area (Å²) in [6.07, 6.45) is 2.35. The van der Waals surface area contributed by atoms with E-state index in [1.807, 2.05) is 24.3 Å². The summed E-state index contributed by atoms with van der Waals surface area (Å²) in [5.74, 6) is 0.911. The van der Waals surface area contributed by atoms with Gasteiger partial charge in [-0.2, -0.15) is 0 Å². The molecular weight excluding hydrogens is 338 g/mol. The Bertz CT molecular complexity index is 616. The highest BCUT2D eigenvalue weighted by atomic mass is 79.9. The molecule has 1 N–H and O–H groups in total. The van der Waals surface area contributed by atoms with Gasteiger partial charge in [-0.15, -0.1) is 0 Å². The monoisotopic (exact) mass is 358 g/mol. The van der Waals surface area contributed by atoms with E-state index in [0.717, 1.165) is 23.1 Å². The molecule has 2 aromatic carbocycles. The van der Waals surface area contributed by atoms with Gasteiger partial charge >= 0.3 is 0 Å². The van der Waals surface area contributed by atoms with Crippen molar-refractivity contribution in [1.82, 2.24) is 0 Å². The lowest BCUT2D eigenvalue weighted by molar-refractivity contribution is -0.896. The molecule has 1 aliphatic rings. The fraction of sp³-hybridized carbons (Fsp3) is 0.316. The SMILES string of the molecule is O=C(C[NH+]1CCC(c2ccccc2)CC1)c1ccc(Br)cc1. The standard InChI is InChI=1S/C19H20BrNO/c20-18-8-6-17(7-9-18)19(22)14-21-12-10-16(11-13-21)15-4-2-1-3-5-15/h1-9,16H,10-14H2/p+1. The Morgan fingerprint density at radius 1 is 1.00 bits per heavy atom. The summed E-state index contributed by atoms with van der Waals surface area (Å²) in [4.78, 5) is 13.8. The number of hydrogen-bond acceptors (Lipinski definition) is 1. The van der Waals surface area contributed by atoms with Crippen molar-refractivity contribution < 1.29 is 9.69 Å². The minimum absolute atomic E-state index is 0.251. The molecule has 114 valence electrons. The van der Waals surface area contributed by atoms with E-state index < -0.39 is 0 Å². The fourth-order valence-corrected chi connectivity index (χ4v) is 3.49. The number of benzene rings is 2. The molecule has 3 rings (SSSR count). The van der Waals surface area contributed by atoms with E-state index in [4.69, 9.17) is 0 Å². The second kappa shape index (κ2) is 7.21. The van der Waals surface area contributed by atoms with Crippen LogP contribution in [-0.2, 0) is 0 Å². The van der Waals surface area contributed by atoms with Gasteiger partial charge in [-0.1, -0.05) is 58.4 Å². The lowest BCUT2D eigenvalue weighted by Crippen LogP contribution is -3.13. The maximum atomic E-state index is 12.3. The van der Waals surface area contributed by atoms with Crippen LogP contribution in [0.5, 0.6) is 0 Å². The first-order valence-electron chi connectivity index (χ1n) is 7.89. The van der Waals surface area contributed by atoms with Gasteiger partial charge in [0.1, 0.15) is 6.54 Å². The first-order valence-corrected chi connectivity index (χ1v) is 8.69. The number of ketones is 1. The van der Waals surface area contributed by atoms with Gasteiger partial charge in [0.15, 0.2) is 0 Å². The third-order valence-corrected chi connectivity index (χ3v) is 5.07.